The highest BCUT2D eigenvalue weighted by atomic mass is 16.2. The van der Waals surface area contributed by atoms with E-state index >= 15 is 0 Å². The Bertz CT molecular complexity index is 506. The molecule has 0 spiro atoms. The summed E-state index contributed by atoms with van der Waals surface area (Å²) >= 11 is 0. The Labute approximate surface area is 99.6 Å². The van der Waals surface area contributed by atoms with Crippen molar-refractivity contribution in [1.29, 1.82) is 0 Å². The normalized spacial score (nSPS) is 18.6. The Morgan fingerprint density at radius 1 is 1.41 bits per heavy atom. The van der Waals surface area contributed by atoms with Crippen LogP contribution < -0.4 is 10.2 Å². The smallest absolute Gasteiger partial charge is 0.243 e. The van der Waals surface area contributed by atoms with Gasteiger partial charge in [-0.15, -0.1) is 0 Å². The molecule has 0 unspecified atom stereocenters. The van der Waals surface area contributed by atoms with Gasteiger partial charge in [0.15, 0.2) is 5.78 Å². The van der Waals surface area contributed by atoms with Gasteiger partial charge in [-0.1, -0.05) is 0 Å². The molecule has 0 atom stereocenters. The van der Waals surface area contributed by atoms with E-state index in [9.17, 15) is 9.59 Å². The van der Waals surface area contributed by atoms with Crippen LogP contribution >= 0.6 is 0 Å². The van der Waals surface area contributed by atoms with Crippen LogP contribution in [0.3, 0.4) is 0 Å². The zero-order chi connectivity index (χ0) is 12.0. The fourth-order valence-corrected chi connectivity index (χ4v) is 2.25. The number of carbonyl (C=O) groups excluding carboxylic acids is 2. The third-order valence-electron chi connectivity index (χ3n) is 3.29. The van der Waals surface area contributed by atoms with Crippen LogP contribution in [0.2, 0.25) is 0 Å². The standard InChI is InChI=1S/C13H14N2O2/c1-8(16)9-2-5-12-11(6-9)14-13(17)7-15(12)10-3-4-10/h2,5-6,10H,3-4,7H2,1H3,(H,14,17). The maximum atomic E-state index is 11.6. The zero-order valence-corrected chi connectivity index (χ0v) is 9.69. The van der Waals surface area contributed by atoms with Crippen LogP contribution in [0.1, 0.15) is 30.1 Å². The van der Waals surface area contributed by atoms with E-state index in [0.717, 1.165) is 24.2 Å². The lowest BCUT2D eigenvalue weighted by Crippen LogP contribution is -2.39. The Morgan fingerprint density at radius 3 is 2.82 bits per heavy atom. The molecule has 1 aromatic carbocycles. The molecule has 1 heterocycles. The summed E-state index contributed by atoms with van der Waals surface area (Å²) in [6.07, 6.45) is 2.31. The van der Waals surface area contributed by atoms with E-state index in [1.165, 1.54) is 6.92 Å². The summed E-state index contributed by atoms with van der Waals surface area (Å²) in [7, 11) is 0. The highest BCUT2D eigenvalue weighted by Gasteiger charge is 2.34. The van der Waals surface area contributed by atoms with Gasteiger partial charge in [0, 0.05) is 11.6 Å². The van der Waals surface area contributed by atoms with Crippen molar-refractivity contribution in [2.45, 2.75) is 25.8 Å². The van der Waals surface area contributed by atoms with Crippen molar-refractivity contribution in [2.24, 2.45) is 0 Å². The molecule has 17 heavy (non-hydrogen) atoms. The summed E-state index contributed by atoms with van der Waals surface area (Å²) < 4.78 is 0. The van der Waals surface area contributed by atoms with Crippen molar-refractivity contribution in [3.63, 3.8) is 0 Å². The van der Waals surface area contributed by atoms with Gasteiger partial charge >= 0.3 is 0 Å². The number of hydrogen-bond donors (Lipinski definition) is 1. The quantitative estimate of drug-likeness (QED) is 0.788. The first-order chi connectivity index (χ1) is 8.15. The molecule has 88 valence electrons. The minimum absolute atomic E-state index is 0.00472. The fourth-order valence-electron chi connectivity index (χ4n) is 2.25. The molecule has 0 aromatic heterocycles. The largest absolute Gasteiger partial charge is 0.358 e. The first kappa shape index (κ1) is 10.3. The van der Waals surface area contributed by atoms with Crippen LogP contribution in [0.4, 0.5) is 11.4 Å². The number of nitrogens with one attached hydrogen (secondary N) is 1. The van der Waals surface area contributed by atoms with Crippen molar-refractivity contribution in [3.8, 4) is 0 Å². The highest BCUT2D eigenvalue weighted by molar-refractivity contribution is 6.04. The summed E-state index contributed by atoms with van der Waals surface area (Å²) in [5.41, 5.74) is 2.44. The second-order valence-corrected chi connectivity index (χ2v) is 4.70. The Morgan fingerprint density at radius 2 is 2.18 bits per heavy atom. The molecule has 1 N–H and O–H groups in total. The molecule has 3 rings (SSSR count). The SMILES string of the molecule is CC(=O)c1ccc2c(c1)NC(=O)CN2C1CC1. The molecule has 2 aliphatic rings. The molecule has 1 saturated carbocycles. The minimum atomic E-state index is 0.00472. The van der Waals surface area contributed by atoms with Crippen LogP contribution in [-0.4, -0.2) is 24.3 Å². The average Bonchev–Trinajstić information content (AvgIpc) is 3.10. The molecule has 0 radical (unpaired) electrons. The highest BCUT2D eigenvalue weighted by Crippen LogP contribution is 2.38. The predicted molar refractivity (Wildman–Crippen MR) is 65.4 cm³/mol. The second-order valence-electron chi connectivity index (χ2n) is 4.70. The molecule has 1 aromatic rings. The van der Waals surface area contributed by atoms with Crippen molar-refractivity contribution < 1.29 is 9.59 Å². The molecule has 1 aliphatic carbocycles. The van der Waals surface area contributed by atoms with Gasteiger partial charge in [0.25, 0.3) is 0 Å². The minimum Gasteiger partial charge on any atom is -0.358 e. The maximum Gasteiger partial charge on any atom is 0.243 e. The number of anilines is 2. The number of nitrogens with zero attached hydrogens (tertiary/aromatic N) is 1. The van der Waals surface area contributed by atoms with Crippen LogP contribution in [0, 0.1) is 0 Å². The van der Waals surface area contributed by atoms with E-state index in [0.29, 0.717) is 18.2 Å². The lowest BCUT2D eigenvalue weighted by molar-refractivity contribution is -0.115. The summed E-state index contributed by atoms with van der Waals surface area (Å²) in [5.74, 6) is 0.0238. The number of benzene rings is 1. The molecule has 0 saturated heterocycles. The van der Waals surface area contributed by atoms with Gasteiger partial charge in [-0.2, -0.15) is 0 Å². The molecule has 1 fully saturated rings. The number of amides is 1. The van der Waals surface area contributed by atoms with E-state index in [4.69, 9.17) is 0 Å². The van der Waals surface area contributed by atoms with Gasteiger partial charge in [-0.25, -0.2) is 0 Å². The van der Waals surface area contributed by atoms with E-state index in [1.807, 2.05) is 12.1 Å². The number of Topliss-reactive ketones (excluding diaryl/α,β-unsaturated/α-hetero) is 1. The van der Waals surface area contributed by atoms with E-state index in [1.54, 1.807) is 6.07 Å². The van der Waals surface area contributed by atoms with Gasteiger partial charge in [0.05, 0.1) is 17.9 Å². The number of ketones is 1. The summed E-state index contributed by atoms with van der Waals surface area (Å²) in [6.45, 7) is 1.96. The molecule has 4 heteroatoms. The monoisotopic (exact) mass is 230 g/mol. The number of carbonyl (C=O) groups is 2. The van der Waals surface area contributed by atoms with Crippen LogP contribution in [0.15, 0.2) is 18.2 Å². The van der Waals surface area contributed by atoms with E-state index in [-0.39, 0.29) is 11.7 Å². The summed E-state index contributed by atoms with van der Waals surface area (Å²) in [4.78, 5) is 25.1. The van der Waals surface area contributed by atoms with Gasteiger partial charge in [0.1, 0.15) is 0 Å². The van der Waals surface area contributed by atoms with Crippen molar-refractivity contribution in [3.05, 3.63) is 23.8 Å². The number of fused-ring (bicyclic) bond motifs is 1. The molecule has 1 amide bonds. The van der Waals surface area contributed by atoms with Crippen LogP contribution in [0.25, 0.3) is 0 Å². The lowest BCUT2D eigenvalue weighted by Gasteiger charge is -2.31. The summed E-state index contributed by atoms with van der Waals surface area (Å²) in [6, 6.07) is 6.03. The molecule has 1 aliphatic heterocycles. The van der Waals surface area contributed by atoms with E-state index in [2.05, 4.69) is 10.2 Å². The number of rotatable bonds is 2. The van der Waals surface area contributed by atoms with Crippen molar-refractivity contribution >= 4 is 23.1 Å². The first-order valence-electron chi connectivity index (χ1n) is 5.86. The third kappa shape index (κ3) is 1.79. The maximum absolute atomic E-state index is 11.6. The predicted octanol–water partition coefficient (Wildman–Crippen LogP) is 1.81. The molecular formula is C13H14N2O2. The molecular weight excluding hydrogens is 216 g/mol. The Balaban J connectivity index is 2.03. The second kappa shape index (κ2) is 3.58. The van der Waals surface area contributed by atoms with E-state index < -0.39 is 0 Å². The molecule has 0 bridgehead atoms. The van der Waals surface area contributed by atoms with Crippen molar-refractivity contribution in [2.75, 3.05) is 16.8 Å². The molecule has 4 nitrogen and oxygen atoms in total. The van der Waals surface area contributed by atoms with Gasteiger partial charge < -0.3 is 10.2 Å². The van der Waals surface area contributed by atoms with Gasteiger partial charge in [0.2, 0.25) is 5.91 Å². The van der Waals surface area contributed by atoms with Gasteiger partial charge in [-0.3, -0.25) is 9.59 Å². The third-order valence-corrected chi connectivity index (χ3v) is 3.29. The Hall–Kier alpha value is -1.84. The Kier molecular flexibility index (Phi) is 2.18. The first-order valence-corrected chi connectivity index (χ1v) is 5.86. The zero-order valence-electron chi connectivity index (χ0n) is 9.69. The van der Waals surface area contributed by atoms with Crippen LogP contribution in [0.5, 0.6) is 0 Å². The van der Waals surface area contributed by atoms with Crippen molar-refractivity contribution in [1.82, 2.24) is 0 Å². The topological polar surface area (TPSA) is 49.4 Å². The average molecular weight is 230 g/mol. The van der Waals surface area contributed by atoms with Gasteiger partial charge in [-0.05, 0) is 38.0 Å². The fraction of sp³-hybridized carbons (Fsp3) is 0.385. The number of hydrogen-bond acceptors (Lipinski definition) is 3. The van der Waals surface area contributed by atoms with Crippen LogP contribution in [-0.2, 0) is 4.79 Å². The lowest BCUT2D eigenvalue weighted by atomic mass is 10.1. The summed E-state index contributed by atoms with van der Waals surface area (Å²) in [5, 5.41) is 2.83.